The SMILES string of the molecule is O=S(=O)(Cc1cc(C(F)(F)F)cc(C(F)(F)F)c1)N1CCc2c(ccnc2Nc2cnc3ccccc3c2)C1. The molecule has 0 aliphatic carbocycles. The summed E-state index contributed by atoms with van der Waals surface area (Å²) in [5.41, 5.74) is -0.840. The lowest BCUT2D eigenvalue weighted by atomic mass is 10.0. The molecule has 1 aliphatic rings. The number of para-hydroxylation sites is 1. The maximum absolute atomic E-state index is 13.2. The van der Waals surface area contributed by atoms with E-state index in [0.717, 1.165) is 20.8 Å². The van der Waals surface area contributed by atoms with Gasteiger partial charge >= 0.3 is 12.4 Å². The molecule has 5 rings (SSSR count). The average molecular weight is 567 g/mol. The highest BCUT2D eigenvalue weighted by Crippen LogP contribution is 2.37. The molecule has 13 heteroatoms. The quantitative estimate of drug-likeness (QED) is 0.287. The number of benzene rings is 2. The number of rotatable bonds is 5. The third-order valence-electron chi connectivity index (χ3n) is 6.35. The lowest BCUT2D eigenvalue weighted by molar-refractivity contribution is -0.143. The second-order valence-electron chi connectivity index (χ2n) is 9.09. The maximum Gasteiger partial charge on any atom is 0.416 e. The summed E-state index contributed by atoms with van der Waals surface area (Å²) < 4.78 is 107. The first kappa shape index (κ1) is 26.9. The Bertz CT molecular complexity index is 1620. The Kier molecular flexibility index (Phi) is 6.75. The van der Waals surface area contributed by atoms with Gasteiger partial charge in [-0.1, -0.05) is 18.2 Å². The number of hydrogen-bond acceptors (Lipinski definition) is 5. The molecular weight excluding hydrogens is 546 g/mol. The van der Waals surface area contributed by atoms with Crippen LogP contribution >= 0.6 is 0 Å². The molecule has 0 bridgehead atoms. The fraction of sp³-hybridized carbons (Fsp3) is 0.231. The van der Waals surface area contributed by atoms with Crippen LogP contribution in [0.2, 0.25) is 0 Å². The Balaban J connectivity index is 1.38. The third kappa shape index (κ3) is 5.83. The molecule has 0 atom stereocenters. The zero-order valence-corrected chi connectivity index (χ0v) is 20.8. The number of fused-ring (bicyclic) bond motifs is 2. The Morgan fingerprint density at radius 2 is 1.59 bits per heavy atom. The second kappa shape index (κ2) is 9.79. The molecule has 1 N–H and O–H groups in total. The van der Waals surface area contributed by atoms with E-state index in [1.165, 1.54) is 6.20 Å². The van der Waals surface area contributed by atoms with Crippen LogP contribution in [-0.4, -0.2) is 29.2 Å². The van der Waals surface area contributed by atoms with Gasteiger partial charge in [0.2, 0.25) is 10.0 Å². The van der Waals surface area contributed by atoms with Crippen molar-refractivity contribution < 1.29 is 34.8 Å². The largest absolute Gasteiger partial charge is 0.416 e. The molecule has 1 aliphatic heterocycles. The van der Waals surface area contributed by atoms with Crippen molar-refractivity contribution in [3.63, 3.8) is 0 Å². The first-order chi connectivity index (χ1) is 18.3. The van der Waals surface area contributed by atoms with E-state index >= 15 is 0 Å². The Morgan fingerprint density at radius 1 is 0.897 bits per heavy atom. The number of hydrogen-bond donors (Lipinski definition) is 1. The van der Waals surface area contributed by atoms with Crippen molar-refractivity contribution in [3.05, 3.63) is 94.8 Å². The van der Waals surface area contributed by atoms with Gasteiger partial charge in [-0.25, -0.2) is 13.4 Å². The summed E-state index contributed by atoms with van der Waals surface area (Å²) in [5.74, 6) is -0.497. The predicted octanol–water partition coefficient (Wildman–Crippen LogP) is 6.30. The number of pyridine rings is 2. The smallest absolute Gasteiger partial charge is 0.339 e. The molecule has 0 unspecified atom stereocenters. The van der Waals surface area contributed by atoms with Crippen LogP contribution in [0.5, 0.6) is 0 Å². The normalized spacial score (nSPS) is 14.8. The van der Waals surface area contributed by atoms with E-state index in [1.54, 1.807) is 12.3 Å². The predicted molar refractivity (Wildman–Crippen MR) is 132 cm³/mol. The van der Waals surface area contributed by atoms with E-state index < -0.39 is 44.8 Å². The second-order valence-corrected chi connectivity index (χ2v) is 11.1. The van der Waals surface area contributed by atoms with E-state index in [1.807, 2.05) is 30.3 Å². The van der Waals surface area contributed by atoms with Gasteiger partial charge in [-0.05, 0) is 53.9 Å². The van der Waals surface area contributed by atoms with Crippen molar-refractivity contribution >= 4 is 32.4 Å². The van der Waals surface area contributed by atoms with Crippen molar-refractivity contribution in [1.29, 1.82) is 0 Å². The number of aromatic nitrogens is 2. The lowest BCUT2D eigenvalue weighted by Crippen LogP contribution is -2.37. The van der Waals surface area contributed by atoms with Crippen LogP contribution < -0.4 is 5.32 Å². The number of halogens is 6. The zero-order chi connectivity index (χ0) is 28.0. The minimum atomic E-state index is -5.07. The topological polar surface area (TPSA) is 75.2 Å². The number of alkyl halides is 6. The van der Waals surface area contributed by atoms with E-state index in [4.69, 9.17) is 0 Å². The van der Waals surface area contributed by atoms with Crippen molar-refractivity contribution in [2.75, 3.05) is 11.9 Å². The highest BCUT2D eigenvalue weighted by atomic mass is 32.2. The molecule has 6 nitrogen and oxygen atoms in total. The van der Waals surface area contributed by atoms with Gasteiger partial charge in [0.05, 0.1) is 34.3 Å². The molecule has 0 spiro atoms. The van der Waals surface area contributed by atoms with Crippen LogP contribution in [0.25, 0.3) is 10.9 Å². The van der Waals surface area contributed by atoms with Crippen molar-refractivity contribution in [2.45, 2.75) is 31.1 Å². The minimum absolute atomic E-state index is 0.0171. The van der Waals surface area contributed by atoms with Crippen LogP contribution in [0.1, 0.15) is 27.8 Å². The van der Waals surface area contributed by atoms with Gasteiger partial charge in [0.1, 0.15) is 5.82 Å². The summed E-state index contributed by atoms with van der Waals surface area (Å²) in [7, 11) is -4.25. The van der Waals surface area contributed by atoms with E-state index in [2.05, 4.69) is 15.3 Å². The van der Waals surface area contributed by atoms with Crippen LogP contribution in [-0.2, 0) is 41.1 Å². The summed E-state index contributed by atoms with van der Waals surface area (Å²) in [6.45, 7) is -0.118. The molecule has 2 aromatic heterocycles. The van der Waals surface area contributed by atoms with Gasteiger partial charge in [-0.2, -0.15) is 30.6 Å². The number of nitrogens with zero attached hydrogens (tertiary/aromatic N) is 3. The van der Waals surface area contributed by atoms with Crippen LogP contribution in [0, 0.1) is 0 Å². The first-order valence-corrected chi connectivity index (χ1v) is 13.3. The van der Waals surface area contributed by atoms with Crippen molar-refractivity contribution in [2.24, 2.45) is 0 Å². The number of nitrogens with one attached hydrogen (secondary N) is 1. The zero-order valence-electron chi connectivity index (χ0n) is 20.0. The average Bonchev–Trinajstić information content (AvgIpc) is 2.87. The van der Waals surface area contributed by atoms with Gasteiger partial charge in [0.15, 0.2) is 0 Å². The Morgan fingerprint density at radius 3 is 2.28 bits per heavy atom. The van der Waals surface area contributed by atoms with Gasteiger partial charge in [0.25, 0.3) is 0 Å². The molecule has 0 radical (unpaired) electrons. The highest BCUT2D eigenvalue weighted by molar-refractivity contribution is 7.88. The Labute approximate surface area is 219 Å². The van der Waals surface area contributed by atoms with Crippen LogP contribution in [0.15, 0.2) is 67.0 Å². The summed E-state index contributed by atoms with van der Waals surface area (Å²) in [5, 5.41) is 4.11. The van der Waals surface area contributed by atoms with E-state index in [-0.39, 0.29) is 25.6 Å². The highest BCUT2D eigenvalue weighted by Gasteiger charge is 2.38. The molecule has 0 amide bonds. The fourth-order valence-electron chi connectivity index (χ4n) is 4.49. The summed E-state index contributed by atoms with van der Waals surface area (Å²) in [6.07, 6.45) is -6.76. The molecule has 0 saturated heterocycles. The summed E-state index contributed by atoms with van der Waals surface area (Å²) in [4.78, 5) is 8.77. The van der Waals surface area contributed by atoms with E-state index in [9.17, 15) is 34.8 Å². The molecule has 3 heterocycles. The lowest BCUT2D eigenvalue weighted by Gasteiger charge is -2.29. The molecule has 39 heavy (non-hydrogen) atoms. The van der Waals surface area contributed by atoms with Crippen LogP contribution in [0.3, 0.4) is 0 Å². The van der Waals surface area contributed by atoms with Gasteiger partial charge < -0.3 is 5.32 Å². The number of anilines is 2. The van der Waals surface area contributed by atoms with Gasteiger partial charge in [-0.3, -0.25) is 4.98 Å². The van der Waals surface area contributed by atoms with Gasteiger partial charge in [0, 0.05) is 30.2 Å². The number of sulfonamides is 1. The molecule has 2 aromatic carbocycles. The minimum Gasteiger partial charge on any atom is -0.339 e. The van der Waals surface area contributed by atoms with E-state index in [0.29, 0.717) is 29.2 Å². The van der Waals surface area contributed by atoms with Crippen LogP contribution in [0.4, 0.5) is 37.8 Å². The molecular formula is C26H20F6N4O2S. The molecule has 204 valence electrons. The standard InChI is InChI=1S/C26H20F6N4O2S/c27-25(28,29)19-9-16(10-20(12-19)26(30,31)32)15-39(37,38)36-8-6-22-18(14-36)5-7-33-24(22)35-21-11-17-3-1-2-4-23(17)34-13-21/h1-5,7,9-13H,6,8,14-15H2,(H,33,35). The summed E-state index contributed by atoms with van der Waals surface area (Å²) in [6, 6.07) is 11.9. The van der Waals surface area contributed by atoms with Crippen molar-refractivity contribution in [1.82, 2.24) is 14.3 Å². The third-order valence-corrected chi connectivity index (χ3v) is 8.15. The van der Waals surface area contributed by atoms with Gasteiger partial charge in [-0.15, -0.1) is 0 Å². The molecule has 4 aromatic rings. The molecule has 0 saturated carbocycles. The summed E-state index contributed by atoms with van der Waals surface area (Å²) >= 11 is 0. The maximum atomic E-state index is 13.2. The Hall–Kier alpha value is -3.71. The fourth-order valence-corrected chi connectivity index (χ4v) is 5.97. The van der Waals surface area contributed by atoms with Crippen molar-refractivity contribution in [3.8, 4) is 0 Å². The first-order valence-electron chi connectivity index (χ1n) is 11.6. The monoisotopic (exact) mass is 566 g/mol. The molecule has 0 fully saturated rings.